The van der Waals surface area contributed by atoms with Gasteiger partial charge in [-0.1, -0.05) is 56.0 Å². The minimum Gasteiger partial charge on any atom is -0.457 e. The van der Waals surface area contributed by atoms with Crippen LogP contribution in [0.5, 0.6) is 11.5 Å². The van der Waals surface area contributed by atoms with Crippen molar-refractivity contribution in [3.05, 3.63) is 143 Å². The van der Waals surface area contributed by atoms with E-state index in [2.05, 4.69) is 30.1 Å². The van der Waals surface area contributed by atoms with E-state index in [1.165, 1.54) is 0 Å². The van der Waals surface area contributed by atoms with Crippen LogP contribution in [-0.4, -0.2) is 34.7 Å². The number of benzene rings is 3. The summed E-state index contributed by atoms with van der Waals surface area (Å²) in [5.74, 6) is 0.0925. The van der Waals surface area contributed by atoms with Crippen molar-refractivity contribution in [2.75, 3.05) is 11.9 Å². The van der Waals surface area contributed by atoms with E-state index in [1.54, 1.807) is 19.1 Å². The molecule has 278 valence electrons. The average Bonchev–Trinajstić information content (AvgIpc) is 3.38. The summed E-state index contributed by atoms with van der Waals surface area (Å²) in [6.07, 6.45) is 14.0. The van der Waals surface area contributed by atoms with Crippen LogP contribution in [0.15, 0.2) is 114 Å². The van der Waals surface area contributed by atoms with Crippen LogP contribution in [0.4, 0.5) is 10.1 Å². The number of hydrogen-bond donors (Lipinski definition) is 4. The van der Waals surface area contributed by atoms with Crippen molar-refractivity contribution in [3.63, 3.8) is 0 Å². The topological polar surface area (TPSA) is 123 Å². The van der Waals surface area contributed by atoms with Gasteiger partial charge in [0.25, 0.3) is 0 Å². The van der Waals surface area contributed by atoms with Gasteiger partial charge in [-0.25, -0.2) is 4.39 Å². The molecule has 1 fully saturated rings. The number of anilines is 1. The molecule has 0 heterocycles. The molecule has 0 radical (unpaired) electrons. The SMILES string of the molecule is C=C1C=C2C(Nc3ccc(C(=O)C(=N)CCC(=O)CC4CCC(=N)[C@H](CO)C4)c(CC)c3)=CCC=CC2C(c2ccc(Oc3ccccc3)c(C)c2F)=C1. The number of aliphatic hydroxyl groups is 1. The van der Waals surface area contributed by atoms with Crippen molar-refractivity contribution < 1.29 is 23.8 Å². The van der Waals surface area contributed by atoms with Crippen LogP contribution in [0.25, 0.3) is 5.57 Å². The number of ether oxygens (including phenoxy) is 1. The monoisotopic (exact) mass is 725 g/mol. The number of halogens is 1. The first-order chi connectivity index (χ1) is 26.1. The smallest absolute Gasteiger partial charge is 0.206 e. The van der Waals surface area contributed by atoms with E-state index in [0.717, 1.165) is 40.1 Å². The molecule has 2 unspecified atom stereocenters. The van der Waals surface area contributed by atoms with Crippen LogP contribution in [-0.2, 0) is 11.2 Å². The Kier molecular flexibility index (Phi) is 12.1. The minimum atomic E-state index is -0.380. The number of para-hydroxylation sites is 1. The van der Waals surface area contributed by atoms with Gasteiger partial charge < -0.3 is 26.0 Å². The number of carbonyl (C=O) groups is 2. The number of allylic oxidation sites excluding steroid dienone is 8. The summed E-state index contributed by atoms with van der Waals surface area (Å²) in [4.78, 5) is 26.2. The molecule has 6 rings (SSSR count). The molecule has 7 nitrogen and oxygen atoms in total. The van der Waals surface area contributed by atoms with Gasteiger partial charge in [0.1, 0.15) is 23.1 Å². The molecular weight excluding hydrogens is 678 g/mol. The Bertz CT molecular complexity index is 2110. The molecule has 3 atom stereocenters. The standard InChI is InChI=1S/C46H48FN3O4/c1-4-31-26-33(15-17-36(31)46(53)42(49)20-16-34(52)25-30-14-19-41(48)32(24-30)27-51)50-43-13-9-8-12-37-39(22-28(2)23-40(37)43)38-18-21-44(29(3)45(38)47)54-35-10-6-5-7-11-35/h5-8,10-13,15,17-18,21-23,26,30,32,37,48-51H,2,4,9,14,16,19-20,24-25,27H2,1,3H3/t30?,32-,37?/m0/s1. The van der Waals surface area contributed by atoms with E-state index >= 15 is 4.39 Å². The van der Waals surface area contributed by atoms with E-state index in [1.807, 2.05) is 67.6 Å². The summed E-state index contributed by atoms with van der Waals surface area (Å²) in [5, 5.41) is 29.6. The van der Waals surface area contributed by atoms with Crippen molar-refractivity contribution >= 4 is 34.3 Å². The summed E-state index contributed by atoms with van der Waals surface area (Å²) in [6.45, 7) is 7.87. The van der Waals surface area contributed by atoms with Crippen molar-refractivity contribution in [2.24, 2.45) is 17.8 Å². The maximum atomic E-state index is 16.1. The van der Waals surface area contributed by atoms with Gasteiger partial charge in [0.05, 0.1) is 12.3 Å². The van der Waals surface area contributed by atoms with Gasteiger partial charge in [0.2, 0.25) is 5.78 Å². The molecule has 8 heteroatoms. The van der Waals surface area contributed by atoms with E-state index in [9.17, 15) is 14.7 Å². The van der Waals surface area contributed by atoms with E-state index in [-0.39, 0.29) is 60.3 Å². The van der Waals surface area contributed by atoms with E-state index in [0.29, 0.717) is 66.0 Å². The van der Waals surface area contributed by atoms with E-state index in [4.69, 9.17) is 15.6 Å². The number of hydrogen-bond acceptors (Lipinski definition) is 7. The van der Waals surface area contributed by atoms with Gasteiger partial charge in [-0.3, -0.25) is 9.59 Å². The van der Waals surface area contributed by atoms with Crippen LogP contribution in [0.3, 0.4) is 0 Å². The molecule has 0 spiro atoms. The molecule has 4 N–H and O–H groups in total. The zero-order valence-corrected chi connectivity index (χ0v) is 31.0. The fourth-order valence-electron chi connectivity index (χ4n) is 7.65. The second kappa shape index (κ2) is 17.1. The van der Waals surface area contributed by atoms with Crippen LogP contribution in [0, 0.1) is 41.3 Å². The third-order valence-electron chi connectivity index (χ3n) is 10.7. The first kappa shape index (κ1) is 38.3. The Morgan fingerprint density at radius 1 is 1.06 bits per heavy atom. The third-order valence-corrected chi connectivity index (χ3v) is 10.7. The van der Waals surface area contributed by atoms with Crippen LogP contribution < -0.4 is 10.1 Å². The van der Waals surface area contributed by atoms with Gasteiger partial charge in [-0.15, -0.1) is 0 Å². The molecule has 0 aliphatic heterocycles. The normalized spacial score (nSPS) is 19.6. The number of ketones is 2. The predicted octanol–water partition coefficient (Wildman–Crippen LogP) is 10.3. The second-order valence-electron chi connectivity index (χ2n) is 14.4. The van der Waals surface area contributed by atoms with Crippen molar-refractivity contribution in [1.82, 2.24) is 0 Å². The second-order valence-corrected chi connectivity index (χ2v) is 14.4. The lowest BCUT2D eigenvalue weighted by molar-refractivity contribution is -0.120. The summed E-state index contributed by atoms with van der Waals surface area (Å²) >= 11 is 0. The Morgan fingerprint density at radius 2 is 1.83 bits per heavy atom. The predicted molar refractivity (Wildman–Crippen MR) is 214 cm³/mol. The van der Waals surface area contributed by atoms with Crippen LogP contribution in [0.1, 0.15) is 78.9 Å². The lowest BCUT2D eigenvalue weighted by Crippen LogP contribution is -2.28. The van der Waals surface area contributed by atoms with Crippen LogP contribution >= 0.6 is 0 Å². The lowest BCUT2D eigenvalue weighted by Gasteiger charge is -2.28. The van der Waals surface area contributed by atoms with Crippen molar-refractivity contribution in [2.45, 2.75) is 65.2 Å². The fourth-order valence-corrected chi connectivity index (χ4v) is 7.65. The Labute approximate surface area is 317 Å². The Balaban J connectivity index is 1.13. The highest BCUT2D eigenvalue weighted by Crippen LogP contribution is 2.43. The zero-order valence-electron chi connectivity index (χ0n) is 31.0. The number of aryl methyl sites for hydroxylation is 1. The molecule has 3 aromatic rings. The first-order valence-corrected chi connectivity index (χ1v) is 18.8. The average molecular weight is 726 g/mol. The quantitative estimate of drug-likeness (QED) is 0.0748. The summed E-state index contributed by atoms with van der Waals surface area (Å²) in [7, 11) is 0. The number of Topliss-reactive ketones (excluding diaryl/α,β-unsaturated/α-hetero) is 2. The Morgan fingerprint density at radius 3 is 2.59 bits per heavy atom. The molecule has 0 saturated heterocycles. The molecule has 0 bridgehead atoms. The maximum Gasteiger partial charge on any atom is 0.206 e. The Hall–Kier alpha value is -5.47. The first-order valence-electron chi connectivity index (χ1n) is 18.8. The summed E-state index contributed by atoms with van der Waals surface area (Å²) in [6, 6.07) is 18.4. The van der Waals surface area contributed by atoms with Gasteiger partial charge in [-0.2, -0.15) is 0 Å². The van der Waals surface area contributed by atoms with Gasteiger partial charge >= 0.3 is 0 Å². The minimum absolute atomic E-state index is 0.00654. The number of rotatable bonds is 14. The van der Waals surface area contributed by atoms with Crippen molar-refractivity contribution in [3.8, 4) is 11.5 Å². The van der Waals surface area contributed by atoms with Crippen LogP contribution in [0.2, 0.25) is 0 Å². The van der Waals surface area contributed by atoms with Gasteiger partial charge in [0, 0.05) is 58.5 Å². The molecule has 1 saturated carbocycles. The molecule has 54 heavy (non-hydrogen) atoms. The number of nitrogens with one attached hydrogen (secondary N) is 3. The van der Waals surface area contributed by atoms with E-state index < -0.39 is 0 Å². The molecule has 3 aliphatic rings. The highest BCUT2D eigenvalue weighted by atomic mass is 19.1. The van der Waals surface area contributed by atoms with Crippen molar-refractivity contribution in [1.29, 1.82) is 10.8 Å². The van der Waals surface area contributed by atoms with Gasteiger partial charge in [-0.05, 0) is 122 Å². The number of carbonyl (C=O) groups excluding carboxylic acids is 2. The molecular formula is C46H48FN3O4. The fraction of sp³-hybridized carbons (Fsp3) is 0.304. The molecule has 3 aromatic carbocycles. The maximum absolute atomic E-state index is 16.1. The highest BCUT2D eigenvalue weighted by molar-refractivity contribution is 6.45. The lowest BCUT2D eigenvalue weighted by atomic mass is 9.78. The molecule has 3 aliphatic carbocycles. The number of aliphatic hydroxyl groups excluding tert-OH is 1. The molecule has 0 aromatic heterocycles. The largest absolute Gasteiger partial charge is 0.457 e. The highest BCUT2D eigenvalue weighted by Gasteiger charge is 2.30. The summed E-state index contributed by atoms with van der Waals surface area (Å²) in [5.41, 5.74) is 6.77. The number of fused-ring (bicyclic) bond motifs is 1. The summed E-state index contributed by atoms with van der Waals surface area (Å²) < 4.78 is 22.1. The zero-order chi connectivity index (χ0) is 38.4. The molecule has 0 amide bonds. The third kappa shape index (κ3) is 8.66. The van der Waals surface area contributed by atoms with Gasteiger partial charge in [0.15, 0.2) is 0 Å².